The minimum absolute atomic E-state index is 0.229. The first-order valence-corrected chi connectivity index (χ1v) is 7.28. The summed E-state index contributed by atoms with van der Waals surface area (Å²) in [6, 6.07) is 1.34. The average molecular weight is 309 g/mol. The molecule has 1 fully saturated rings. The van der Waals surface area contributed by atoms with Crippen LogP contribution in [0.2, 0.25) is 5.02 Å². The number of halogens is 1. The zero-order valence-corrected chi connectivity index (χ0v) is 12.1. The smallest absolute Gasteiger partial charge is 0.268 e. The van der Waals surface area contributed by atoms with E-state index in [9.17, 15) is 9.90 Å². The fraction of sp³-hybridized carbons (Fsp3) is 0.429. The molecule has 0 radical (unpaired) electrons. The summed E-state index contributed by atoms with van der Waals surface area (Å²) in [5.74, 6) is 0.0842. The quantitative estimate of drug-likeness (QED) is 0.799. The minimum Gasteiger partial charge on any atom is -0.391 e. The Balaban J connectivity index is 1.57. The standard InChI is InChI=1S/C14H17ClN4O2/c15-10-5-12(17-6-10)14(21)18-11-3-9(4-13(11)20)7-19-2-1-16-8-19/h1-2,5-6,8-9,11,13,17,20H,3-4,7H2,(H,18,21)/t9?,11-,13-/m1/s1. The van der Waals surface area contributed by atoms with Crippen molar-refractivity contribution in [3.8, 4) is 0 Å². The first kappa shape index (κ1) is 14.2. The van der Waals surface area contributed by atoms with Crippen LogP contribution in [-0.2, 0) is 6.54 Å². The SMILES string of the molecule is O=C(N[C@@H]1CC(Cn2ccnc2)C[C@H]1O)c1cc(Cl)c[nH]1. The fourth-order valence-corrected chi connectivity index (χ4v) is 3.02. The molecule has 3 rings (SSSR count). The Morgan fingerprint density at radius 3 is 3.10 bits per heavy atom. The second-order valence-corrected chi connectivity index (χ2v) is 5.91. The van der Waals surface area contributed by atoms with E-state index in [1.807, 2.05) is 10.8 Å². The van der Waals surface area contributed by atoms with E-state index >= 15 is 0 Å². The second kappa shape index (κ2) is 5.91. The molecular formula is C14H17ClN4O2. The van der Waals surface area contributed by atoms with Crippen LogP contribution in [0.1, 0.15) is 23.3 Å². The Labute approximate surface area is 127 Å². The molecule has 3 N–H and O–H groups in total. The number of carbonyl (C=O) groups is 1. The van der Waals surface area contributed by atoms with Crippen molar-refractivity contribution in [3.05, 3.63) is 41.7 Å². The summed E-state index contributed by atoms with van der Waals surface area (Å²) >= 11 is 5.78. The van der Waals surface area contributed by atoms with Crippen LogP contribution in [-0.4, -0.2) is 37.7 Å². The molecule has 7 heteroatoms. The molecule has 0 aromatic carbocycles. The van der Waals surface area contributed by atoms with Crippen LogP contribution in [0.15, 0.2) is 31.0 Å². The maximum Gasteiger partial charge on any atom is 0.268 e. The largest absolute Gasteiger partial charge is 0.391 e. The van der Waals surface area contributed by atoms with Crippen molar-refractivity contribution in [2.24, 2.45) is 5.92 Å². The number of imidazole rings is 1. The van der Waals surface area contributed by atoms with Gasteiger partial charge in [0, 0.05) is 25.1 Å². The number of rotatable bonds is 4. The minimum atomic E-state index is -0.520. The first-order valence-electron chi connectivity index (χ1n) is 6.90. The maximum atomic E-state index is 12.1. The van der Waals surface area contributed by atoms with Crippen molar-refractivity contribution < 1.29 is 9.90 Å². The highest BCUT2D eigenvalue weighted by atomic mass is 35.5. The molecule has 2 heterocycles. The molecule has 1 unspecified atom stereocenters. The summed E-state index contributed by atoms with van der Waals surface area (Å²) in [6.45, 7) is 0.803. The number of H-pyrrole nitrogens is 1. The number of nitrogens with one attached hydrogen (secondary N) is 2. The summed E-state index contributed by atoms with van der Waals surface area (Å²) in [6.07, 6.45) is 7.86. The van der Waals surface area contributed by atoms with E-state index in [1.54, 1.807) is 24.8 Å². The molecule has 0 aliphatic heterocycles. The molecule has 112 valence electrons. The number of aromatic amines is 1. The van der Waals surface area contributed by atoms with Crippen molar-refractivity contribution in [3.63, 3.8) is 0 Å². The van der Waals surface area contributed by atoms with Gasteiger partial charge in [-0.05, 0) is 24.8 Å². The number of aliphatic hydroxyl groups excluding tert-OH is 1. The molecule has 2 aromatic heterocycles. The van der Waals surface area contributed by atoms with E-state index in [0.717, 1.165) is 13.0 Å². The molecule has 1 saturated carbocycles. The molecule has 3 atom stereocenters. The Morgan fingerprint density at radius 1 is 1.57 bits per heavy atom. The van der Waals surface area contributed by atoms with Gasteiger partial charge in [0.05, 0.1) is 23.5 Å². The third-order valence-electron chi connectivity index (χ3n) is 3.86. The summed E-state index contributed by atoms with van der Waals surface area (Å²) in [5.41, 5.74) is 0.408. The molecule has 21 heavy (non-hydrogen) atoms. The predicted octanol–water partition coefficient (Wildman–Crippen LogP) is 1.43. The monoisotopic (exact) mass is 308 g/mol. The topological polar surface area (TPSA) is 82.9 Å². The van der Waals surface area contributed by atoms with E-state index in [1.165, 1.54) is 0 Å². The zero-order chi connectivity index (χ0) is 14.8. The Morgan fingerprint density at radius 2 is 2.43 bits per heavy atom. The van der Waals surface area contributed by atoms with Crippen molar-refractivity contribution in [1.82, 2.24) is 19.9 Å². The van der Waals surface area contributed by atoms with Crippen LogP contribution in [0.5, 0.6) is 0 Å². The van der Waals surface area contributed by atoms with Crippen molar-refractivity contribution in [2.75, 3.05) is 0 Å². The highest BCUT2D eigenvalue weighted by Gasteiger charge is 2.34. The first-order chi connectivity index (χ1) is 10.1. The van der Waals surface area contributed by atoms with Gasteiger partial charge in [-0.15, -0.1) is 0 Å². The Hall–Kier alpha value is -1.79. The van der Waals surface area contributed by atoms with Crippen LogP contribution in [0.3, 0.4) is 0 Å². The molecule has 0 bridgehead atoms. The Kier molecular flexibility index (Phi) is 3.98. The number of hydrogen-bond donors (Lipinski definition) is 3. The van der Waals surface area contributed by atoms with Crippen molar-refractivity contribution in [2.45, 2.75) is 31.5 Å². The molecule has 2 aromatic rings. The third kappa shape index (κ3) is 3.28. The highest BCUT2D eigenvalue weighted by Crippen LogP contribution is 2.27. The lowest BCUT2D eigenvalue weighted by Gasteiger charge is -2.15. The van der Waals surface area contributed by atoms with Crippen LogP contribution in [0.25, 0.3) is 0 Å². The van der Waals surface area contributed by atoms with Crippen LogP contribution in [0, 0.1) is 5.92 Å². The number of amides is 1. The van der Waals surface area contributed by atoms with E-state index in [0.29, 0.717) is 23.1 Å². The van der Waals surface area contributed by atoms with Gasteiger partial charge >= 0.3 is 0 Å². The van der Waals surface area contributed by atoms with Gasteiger partial charge in [0.1, 0.15) is 5.69 Å². The summed E-state index contributed by atoms with van der Waals surface area (Å²) < 4.78 is 1.99. The molecule has 0 saturated heterocycles. The lowest BCUT2D eigenvalue weighted by Crippen LogP contribution is -2.40. The van der Waals surface area contributed by atoms with Gasteiger partial charge in [-0.25, -0.2) is 4.98 Å². The fourth-order valence-electron chi connectivity index (χ4n) is 2.86. The zero-order valence-electron chi connectivity index (χ0n) is 11.4. The predicted molar refractivity (Wildman–Crippen MR) is 78.0 cm³/mol. The number of aliphatic hydroxyl groups is 1. The molecular weight excluding hydrogens is 292 g/mol. The molecule has 1 amide bonds. The lowest BCUT2D eigenvalue weighted by atomic mass is 10.1. The second-order valence-electron chi connectivity index (χ2n) is 5.48. The van der Waals surface area contributed by atoms with Crippen molar-refractivity contribution in [1.29, 1.82) is 0 Å². The number of carbonyl (C=O) groups excluding carboxylic acids is 1. The molecule has 1 aliphatic rings. The van der Waals surface area contributed by atoms with Gasteiger partial charge in [0.15, 0.2) is 0 Å². The maximum absolute atomic E-state index is 12.1. The van der Waals surface area contributed by atoms with Crippen molar-refractivity contribution >= 4 is 17.5 Å². The van der Waals surface area contributed by atoms with Crippen LogP contribution < -0.4 is 5.32 Å². The van der Waals surface area contributed by atoms with Gasteiger partial charge in [0.25, 0.3) is 5.91 Å². The van der Waals surface area contributed by atoms with E-state index in [-0.39, 0.29) is 11.9 Å². The molecule has 1 aliphatic carbocycles. The Bertz CT molecular complexity index is 610. The number of hydrogen-bond acceptors (Lipinski definition) is 3. The van der Waals surface area contributed by atoms with Gasteiger partial charge in [-0.1, -0.05) is 11.6 Å². The summed E-state index contributed by atoms with van der Waals surface area (Å²) in [5, 5.41) is 13.5. The summed E-state index contributed by atoms with van der Waals surface area (Å²) in [7, 11) is 0. The highest BCUT2D eigenvalue weighted by molar-refractivity contribution is 6.30. The lowest BCUT2D eigenvalue weighted by molar-refractivity contribution is 0.0868. The third-order valence-corrected chi connectivity index (χ3v) is 4.08. The van der Waals surface area contributed by atoms with Gasteiger partial charge < -0.3 is 20.0 Å². The van der Waals surface area contributed by atoms with E-state index in [2.05, 4.69) is 15.3 Å². The van der Waals surface area contributed by atoms with Gasteiger partial charge in [-0.2, -0.15) is 0 Å². The molecule has 6 nitrogen and oxygen atoms in total. The summed E-state index contributed by atoms with van der Waals surface area (Å²) in [4.78, 5) is 18.9. The van der Waals surface area contributed by atoms with Gasteiger partial charge in [-0.3, -0.25) is 4.79 Å². The van der Waals surface area contributed by atoms with Crippen LogP contribution >= 0.6 is 11.6 Å². The van der Waals surface area contributed by atoms with E-state index < -0.39 is 6.10 Å². The normalized spacial score (nSPS) is 25.1. The molecule has 0 spiro atoms. The average Bonchev–Trinajstić information content (AvgIpc) is 3.14. The van der Waals surface area contributed by atoms with E-state index in [4.69, 9.17) is 11.6 Å². The van der Waals surface area contributed by atoms with Gasteiger partial charge in [0.2, 0.25) is 0 Å². The van der Waals surface area contributed by atoms with Crippen LogP contribution in [0.4, 0.5) is 0 Å². The number of nitrogens with zero attached hydrogens (tertiary/aromatic N) is 2. The number of aromatic nitrogens is 3.